The minimum Gasteiger partial charge on any atom is -0.394 e. The fraction of sp³-hybridized carbons (Fsp3) is 0.692. The Kier molecular flexibility index (Phi) is 7.76. The standard InChI is InChI=1S/C13H22N2O7/c1-22-13(12(21)11(20)6-17)8-4-14-3-7(15-8)2-9(18)10(19)5-16/h3-4,9-13,16-21H,2,5-6H2,1H3/t9-,10+,11+,12-,13-/m0/s1. The van der Waals surface area contributed by atoms with Gasteiger partial charge in [0.15, 0.2) is 0 Å². The van der Waals surface area contributed by atoms with Crippen LogP contribution in [0.3, 0.4) is 0 Å². The summed E-state index contributed by atoms with van der Waals surface area (Å²) in [7, 11) is 1.30. The third kappa shape index (κ3) is 4.92. The highest BCUT2D eigenvalue weighted by Gasteiger charge is 2.29. The highest BCUT2D eigenvalue weighted by molar-refractivity contribution is 5.09. The van der Waals surface area contributed by atoms with E-state index in [0.29, 0.717) is 5.69 Å². The van der Waals surface area contributed by atoms with E-state index in [2.05, 4.69) is 9.97 Å². The quantitative estimate of drug-likeness (QED) is 0.282. The minimum atomic E-state index is -1.41. The zero-order valence-corrected chi connectivity index (χ0v) is 12.1. The van der Waals surface area contributed by atoms with E-state index in [1.165, 1.54) is 19.5 Å². The van der Waals surface area contributed by atoms with Crippen molar-refractivity contribution in [3.05, 3.63) is 23.8 Å². The Hall–Kier alpha value is -1.20. The molecule has 9 nitrogen and oxygen atoms in total. The average Bonchev–Trinajstić information content (AvgIpc) is 2.54. The second-order valence-corrected chi connectivity index (χ2v) is 4.85. The first kappa shape index (κ1) is 18.8. The predicted octanol–water partition coefficient (Wildman–Crippen LogP) is -2.87. The number of methoxy groups -OCH3 is 1. The Bertz CT molecular complexity index is 448. The third-order valence-electron chi connectivity index (χ3n) is 3.19. The van der Waals surface area contributed by atoms with Crippen molar-refractivity contribution in [2.24, 2.45) is 0 Å². The lowest BCUT2D eigenvalue weighted by atomic mass is 10.0. The Morgan fingerprint density at radius 3 is 2.18 bits per heavy atom. The Morgan fingerprint density at radius 2 is 1.64 bits per heavy atom. The van der Waals surface area contributed by atoms with Gasteiger partial charge in [-0.15, -0.1) is 0 Å². The van der Waals surface area contributed by atoms with Gasteiger partial charge in [0.25, 0.3) is 0 Å². The lowest BCUT2D eigenvalue weighted by Crippen LogP contribution is -2.36. The molecule has 1 aromatic heterocycles. The molecule has 5 atom stereocenters. The van der Waals surface area contributed by atoms with Crippen molar-refractivity contribution in [1.29, 1.82) is 0 Å². The van der Waals surface area contributed by atoms with Crippen molar-refractivity contribution in [3.63, 3.8) is 0 Å². The molecule has 9 heteroatoms. The Balaban J connectivity index is 2.89. The van der Waals surface area contributed by atoms with Gasteiger partial charge in [-0.3, -0.25) is 9.97 Å². The van der Waals surface area contributed by atoms with Gasteiger partial charge in [0, 0.05) is 19.7 Å². The van der Waals surface area contributed by atoms with Gasteiger partial charge in [-0.1, -0.05) is 0 Å². The van der Waals surface area contributed by atoms with Crippen LogP contribution in [0.25, 0.3) is 0 Å². The number of aromatic nitrogens is 2. The smallest absolute Gasteiger partial charge is 0.129 e. The summed E-state index contributed by atoms with van der Waals surface area (Å²) in [5.74, 6) is 0. The van der Waals surface area contributed by atoms with Crippen LogP contribution in [-0.4, -0.2) is 85.3 Å². The molecule has 0 saturated carbocycles. The van der Waals surface area contributed by atoms with Crippen LogP contribution in [-0.2, 0) is 11.2 Å². The van der Waals surface area contributed by atoms with Crippen LogP contribution in [0, 0.1) is 0 Å². The van der Waals surface area contributed by atoms with Gasteiger partial charge in [0.05, 0.1) is 36.9 Å². The normalized spacial score (nSPS) is 18.5. The number of hydrogen-bond donors (Lipinski definition) is 6. The molecule has 0 aliphatic rings. The summed E-state index contributed by atoms with van der Waals surface area (Å²) in [6, 6.07) is 0. The van der Waals surface area contributed by atoms with Crippen molar-refractivity contribution in [2.45, 2.75) is 36.9 Å². The van der Waals surface area contributed by atoms with Gasteiger partial charge in [-0.25, -0.2) is 0 Å². The molecule has 1 heterocycles. The van der Waals surface area contributed by atoms with Crippen molar-refractivity contribution in [3.8, 4) is 0 Å². The topological polar surface area (TPSA) is 156 Å². The Labute approximate surface area is 127 Å². The van der Waals surface area contributed by atoms with Gasteiger partial charge in [-0.05, 0) is 0 Å². The molecule has 0 radical (unpaired) electrons. The van der Waals surface area contributed by atoms with Gasteiger partial charge in [0.2, 0.25) is 0 Å². The highest BCUT2D eigenvalue weighted by Crippen LogP contribution is 2.21. The summed E-state index contributed by atoms with van der Waals surface area (Å²) in [6.45, 7) is -1.23. The van der Waals surface area contributed by atoms with E-state index in [4.69, 9.17) is 14.9 Å². The summed E-state index contributed by atoms with van der Waals surface area (Å²) < 4.78 is 5.07. The van der Waals surface area contributed by atoms with E-state index in [0.717, 1.165) is 0 Å². The summed E-state index contributed by atoms with van der Waals surface area (Å²) in [5.41, 5.74) is 0.510. The van der Waals surface area contributed by atoms with Crippen molar-refractivity contribution in [1.82, 2.24) is 9.97 Å². The second-order valence-electron chi connectivity index (χ2n) is 4.85. The minimum absolute atomic E-state index is 0.0579. The maximum atomic E-state index is 9.90. The van der Waals surface area contributed by atoms with Crippen molar-refractivity contribution >= 4 is 0 Å². The molecule has 1 rings (SSSR count). The largest absolute Gasteiger partial charge is 0.394 e. The van der Waals surface area contributed by atoms with Crippen LogP contribution >= 0.6 is 0 Å². The summed E-state index contributed by atoms with van der Waals surface area (Å²) in [5, 5.41) is 56.0. The molecule has 0 fully saturated rings. The first-order chi connectivity index (χ1) is 10.4. The van der Waals surface area contributed by atoms with Gasteiger partial charge in [-0.2, -0.15) is 0 Å². The fourth-order valence-corrected chi connectivity index (χ4v) is 1.88. The summed E-state index contributed by atoms with van der Waals surface area (Å²) in [4.78, 5) is 8.05. The monoisotopic (exact) mass is 318 g/mol. The molecule has 0 saturated heterocycles. The molecular weight excluding hydrogens is 296 g/mol. The van der Waals surface area contributed by atoms with Crippen LogP contribution in [0.2, 0.25) is 0 Å². The molecule has 22 heavy (non-hydrogen) atoms. The van der Waals surface area contributed by atoms with Crippen LogP contribution in [0.4, 0.5) is 0 Å². The van der Waals surface area contributed by atoms with Gasteiger partial charge < -0.3 is 35.4 Å². The van der Waals surface area contributed by atoms with Crippen molar-refractivity contribution in [2.75, 3.05) is 20.3 Å². The maximum absolute atomic E-state index is 9.90. The van der Waals surface area contributed by atoms with Crippen LogP contribution in [0.5, 0.6) is 0 Å². The molecule has 0 bridgehead atoms. The molecule has 0 amide bonds. The highest BCUT2D eigenvalue weighted by atomic mass is 16.5. The fourth-order valence-electron chi connectivity index (χ4n) is 1.88. The van der Waals surface area contributed by atoms with E-state index in [-0.39, 0.29) is 12.1 Å². The average molecular weight is 318 g/mol. The first-order valence-electron chi connectivity index (χ1n) is 6.72. The van der Waals surface area contributed by atoms with E-state index < -0.39 is 43.7 Å². The summed E-state index contributed by atoms with van der Waals surface area (Å²) >= 11 is 0. The van der Waals surface area contributed by atoms with Crippen LogP contribution in [0.15, 0.2) is 12.4 Å². The zero-order chi connectivity index (χ0) is 16.7. The van der Waals surface area contributed by atoms with Crippen LogP contribution in [0.1, 0.15) is 17.5 Å². The number of hydrogen-bond acceptors (Lipinski definition) is 9. The van der Waals surface area contributed by atoms with Gasteiger partial charge >= 0.3 is 0 Å². The Morgan fingerprint density at radius 1 is 1.00 bits per heavy atom. The molecule has 126 valence electrons. The molecule has 6 N–H and O–H groups in total. The lowest BCUT2D eigenvalue weighted by molar-refractivity contribution is -0.0929. The van der Waals surface area contributed by atoms with E-state index >= 15 is 0 Å². The van der Waals surface area contributed by atoms with E-state index in [9.17, 15) is 20.4 Å². The predicted molar refractivity (Wildman–Crippen MR) is 73.7 cm³/mol. The molecule has 0 unspecified atom stereocenters. The third-order valence-corrected chi connectivity index (χ3v) is 3.19. The molecule has 0 spiro atoms. The van der Waals surface area contributed by atoms with E-state index in [1.54, 1.807) is 0 Å². The maximum Gasteiger partial charge on any atom is 0.129 e. The van der Waals surface area contributed by atoms with Crippen LogP contribution < -0.4 is 0 Å². The molecule has 1 aromatic rings. The number of nitrogens with zero attached hydrogens (tertiary/aromatic N) is 2. The molecule has 0 aromatic carbocycles. The first-order valence-corrected chi connectivity index (χ1v) is 6.72. The number of aliphatic hydroxyl groups excluding tert-OH is 6. The zero-order valence-electron chi connectivity index (χ0n) is 12.1. The molecular formula is C13H22N2O7. The lowest BCUT2D eigenvalue weighted by Gasteiger charge is -2.24. The number of rotatable bonds is 9. The van der Waals surface area contributed by atoms with Gasteiger partial charge in [0.1, 0.15) is 24.4 Å². The molecule has 0 aliphatic heterocycles. The van der Waals surface area contributed by atoms with E-state index in [1.807, 2.05) is 0 Å². The number of aliphatic hydroxyl groups is 6. The summed E-state index contributed by atoms with van der Waals surface area (Å²) in [6.07, 6.45) is -3.73. The second kappa shape index (κ2) is 9.06. The number of ether oxygens (including phenoxy) is 1. The van der Waals surface area contributed by atoms with Crippen molar-refractivity contribution < 1.29 is 35.4 Å². The SMILES string of the molecule is CO[C@@H](c1cncc(C[C@H](O)[C@H](O)CO)n1)[C@@H](O)[C@H](O)CO. The molecule has 0 aliphatic carbocycles.